The van der Waals surface area contributed by atoms with Gasteiger partial charge in [-0.1, -0.05) is 13.8 Å². The van der Waals surface area contributed by atoms with Gasteiger partial charge in [0, 0.05) is 12.5 Å². The van der Waals surface area contributed by atoms with Crippen molar-refractivity contribution in [3.8, 4) is 0 Å². The summed E-state index contributed by atoms with van der Waals surface area (Å²) in [5, 5.41) is 0. The van der Waals surface area contributed by atoms with Gasteiger partial charge in [0.2, 0.25) is 0 Å². The lowest BCUT2D eigenvalue weighted by Gasteiger charge is -2.17. The van der Waals surface area contributed by atoms with Gasteiger partial charge >= 0.3 is 5.97 Å². The van der Waals surface area contributed by atoms with Gasteiger partial charge < -0.3 is 10.5 Å². The molecule has 0 radical (unpaired) electrons. The maximum Gasteiger partial charge on any atom is 0.305 e. The average molecular weight is 187 g/mol. The topological polar surface area (TPSA) is 52.3 Å². The van der Waals surface area contributed by atoms with Crippen molar-refractivity contribution in [1.82, 2.24) is 0 Å². The first-order valence-corrected chi connectivity index (χ1v) is 5.03. The van der Waals surface area contributed by atoms with E-state index in [-0.39, 0.29) is 12.0 Å². The second kappa shape index (κ2) is 6.89. The molecule has 3 heteroatoms. The zero-order valence-corrected chi connectivity index (χ0v) is 8.88. The molecule has 0 fully saturated rings. The van der Waals surface area contributed by atoms with Crippen LogP contribution >= 0.6 is 0 Å². The molecule has 0 amide bonds. The van der Waals surface area contributed by atoms with Crippen LogP contribution in [-0.4, -0.2) is 18.6 Å². The van der Waals surface area contributed by atoms with Crippen LogP contribution in [0.25, 0.3) is 0 Å². The molecule has 0 rings (SSSR count). The molecule has 0 aliphatic rings. The van der Waals surface area contributed by atoms with Crippen molar-refractivity contribution in [2.24, 2.45) is 11.7 Å². The molecule has 0 heterocycles. The summed E-state index contributed by atoms with van der Waals surface area (Å²) in [6, 6.07) is 0.203. The lowest BCUT2D eigenvalue weighted by molar-refractivity contribution is -0.143. The Kier molecular flexibility index (Phi) is 6.59. The van der Waals surface area contributed by atoms with Crippen LogP contribution < -0.4 is 5.73 Å². The highest BCUT2D eigenvalue weighted by atomic mass is 16.5. The fourth-order valence-corrected chi connectivity index (χ4v) is 1.20. The first-order valence-electron chi connectivity index (χ1n) is 5.03. The summed E-state index contributed by atoms with van der Waals surface area (Å²) in [4.78, 5) is 11.0. The third-order valence-corrected chi connectivity index (χ3v) is 2.31. The van der Waals surface area contributed by atoms with E-state index in [2.05, 4.69) is 13.8 Å². The average Bonchev–Trinajstić information content (AvgIpc) is 2.13. The van der Waals surface area contributed by atoms with E-state index in [1.165, 1.54) is 0 Å². The zero-order chi connectivity index (χ0) is 10.3. The van der Waals surface area contributed by atoms with Gasteiger partial charge in [-0.15, -0.1) is 0 Å². The molecule has 0 aromatic carbocycles. The van der Waals surface area contributed by atoms with Crippen LogP contribution in [0.5, 0.6) is 0 Å². The number of carbonyl (C=O) groups is 1. The summed E-state index contributed by atoms with van der Waals surface area (Å²) in [5.41, 5.74) is 5.82. The van der Waals surface area contributed by atoms with E-state index < -0.39 is 0 Å². The minimum absolute atomic E-state index is 0.113. The third kappa shape index (κ3) is 5.64. The summed E-state index contributed by atoms with van der Waals surface area (Å²) in [6.07, 6.45) is 2.28. The molecule has 2 atom stereocenters. The van der Waals surface area contributed by atoms with Crippen molar-refractivity contribution in [3.05, 3.63) is 0 Å². The molecule has 2 N–H and O–H groups in total. The van der Waals surface area contributed by atoms with Crippen LogP contribution in [0.15, 0.2) is 0 Å². The SMILES string of the molecule is CCOC(=O)CCC(C)C(N)CC. The van der Waals surface area contributed by atoms with Crippen molar-refractivity contribution in [2.45, 2.75) is 46.1 Å². The molecule has 0 aliphatic carbocycles. The Bertz CT molecular complexity index is 148. The van der Waals surface area contributed by atoms with Crippen LogP contribution in [0, 0.1) is 5.92 Å². The standard InChI is InChI=1S/C10H21NO2/c1-4-9(11)8(3)6-7-10(12)13-5-2/h8-9H,4-7,11H2,1-3H3. The summed E-state index contributed by atoms with van der Waals surface area (Å²) < 4.78 is 4.83. The highest BCUT2D eigenvalue weighted by molar-refractivity contribution is 5.69. The molecular formula is C10H21NO2. The normalized spacial score (nSPS) is 15.1. The lowest BCUT2D eigenvalue weighted by Crippen LogP contribution is -2.27. The van der Waals surface area contributed by atoms with Crippen LogP contribution in [-0.2, 0) is 9.53 Å². The summed E-state index contributed by atoms with van der Waals surface area (Å²) in [5.74, 6) is 0.284. The Labute approximate surface area is 80.6 Å². The molecule has 0 saturated carbocycles. The van der Waals surface area contributed by atoms with Crippen LogP contribution in [0.4, 0.5) is 0 Å². The smallest absolute Gasteiger partial charge is 0.305 e. The molecule has 0 aliphatic heterocycles. The largest absolute Gasteiger partial charge is 0.466 e. The van der Waals surface area contributed by atoms with E-state index >= 15 is 0 Å². The van der Waals surface area contributed by atoms with E-state index in [1.807, 2.05) is 6.92 Å². The quantitative estimate of drug-likeness (QED) is 0.644. The maximum atomic E-state index is 11.0. The molecule has 78 valence electrons. The Morgan fingerprint density at radius 1 is 1.46 bits per heavy atom. The van der Waals surface area contributed by atoms with Crippen molar-refractivity contribution in [3.63, 3.8) is 0 Å². The number of hydrogen-bond acceptors (Lipinski definition) is 3. The first kappa shape index (κ1) is 12.4. The molecule has 2 unspecified atom stereocenters. The minimum atomic E-state index is -0.113. The monoisotopic (exact) mass is 187 g/mol. The van der Waals surface area contributed by atoms with Crippen LogP contribution in [0.3, 0.4) is 0 Å². The van der Waals surface area contributed by atoms with Crippen molar-refractivity contribution in [2.75, 3.05) is 6.61 Å². The van der Waals surface area contributed by atoms with E-state index in [1.54, 1.807) is 0 Å². The van der Waals surface area contributed by atoms with E-state index in [4.69, 9.17) is 10.5 Å². The second-order valence-corrected chi connectivity index (χ2v) is 3.39. The molecule has 0 bridgehead atoms. The Morgan fingerprint density at radius 3 is 2.54 bits per heavy atom. The third-order valence-electron chi connectivity index (χ3n) is 2.31. The molecule has 0 saturated heterocycles. The lowest BCUT2D eigenvalue weighted by atomic mass is 9.95. The molecule has 0 aromatic heterocycles. The fourth-order valence-electron chi connectivity index (χ4n) is 1.20. The van der Waals surface area contributed by atoms with E-state index in [0.717, 1.165) is 12.8 Å². The number of hydrogen-bond donors (Lipinski definition) is 1. The van der Waals surface area contributed by atoms with Gasteiger partial charge in [-0.2, -0.15) is 0 Å². The second-order valence-electron chi connectivity index (χ2n) is 3.39. The molecule has 3 nitrogen and oxygen atoms in total. The number of nitrogens with two attached hydrogens (primary N) is 1. The Morgan fingerprint density at radius 2 is 2.08 bits per heavy atom. The highest BCUT2D eigenvalue weighted by Crippen LogP contribution is 2.11. The summed E-state index contributed by atoms with van der Waals surface area (Å²) in [6.45, 7) is 6.42. The predicted octanol–water partition coefficient (Wildman–Crippen LogP) is 1.70. The number of esters is 1. The zero-order valence-electron chi connectivity index (χ0n) is 8.88. The van der Waals surface area contributed by atoms with Gasteiger partial charge in [-0.05, 0) is 25.7 Å². The number of carbonyl (C=O) groups excluding carboxylic acids is 1. The van der Waals surface area contributed by atoms with Gasteiger partial charge in [0.25, 0.3) is 0 Å². The van der Waals surface area contributed by atoms with Gasteiger partial charge in [-0.25, -0.2) is 0 Å². The van der Waals surface area contributed by atoms with Gasteiger partial charge in [-0.3, -0.25) is 4.79 Å². The maximum absolute atomic E-state index is 11.0. The number of ether oxygens (including phenoxy) is 1. The van der Waals surface area contributed by atoms with E-state index in [0.29, 0.717) is 18.9 Å². The van der Waals surface area contributed by atoms with Crippen molar-refractivity contribution < 1.29 is 9.53 Å². The Balaban J connectivity index is 3.57. The summed E-state index contributed by atoms with van der Waals surface area (Å²) >= 11 is 0. The molecule has 0 aromatic rings. The van der Waals surface area contributed by atoms with Crippen LogP contribution in [0.2, 0.25) is 0 Å². The van der Waals surface area contributed by atoms with Crippen LogP contribution in [0.1, 0.15) is 40.0 Å². The molecule has 13 heavy (non-hydrogen) atoms. The first-order chi connectivity index (χ1) is 6.11. The highest BCUT2D eigenvalue weighted by Gasteiger charge is 2.12. The number of rotatable bonds is 6. The summed E-state index contributed by atoms with van der Waals surface area (Å²) in [7, 11) is 0. The van der Waals surface area contributed by atoms with Gasteiger partial charge in [0.05, 0.1) is 6.61 Å². The van der Waals surface area contributed by atoms with Gasteiger partial charge in [0.15, 0.2) is 0 Å². The molecular weight excluding hydrogens is 166 g/mol. The predicted molar refractivity (Wildman–Crippen MR) is 53.3 cm³/mol. The minimum Gasteiger partial charge on any atom is -0.466 e. The van der Waals surface area contributed by atoms with Crippen molar-refractivity contribution >= 4 is 5.97 Å². The molecule has 0 spiro atoms. The van der Waals surface area contributed by atoms with Crippen molar-refractivity contribution in [1.29, 1.82) is 0 Å². The Hall–Kier alpha value is -0.570. The fraction of sp³-hybridized carbons (Fsp3) is 0.900. The van der Waals surface area contributed by atoms with Gasteiger partial charge in [0.1, 0.15) is 0 Å². The van der Waals surface area contributed by atoms with E-state index in [9.17, 15) is 4.79 Å².